The molecule has 0 bridgehead atoms. The lowest BCUT2D eigenvalue weighted by Gasteiger charge is -2.12. The number of carbonyl (C=O) groups is 1. The molecule has 1 amide bonds. The van der Waals surface area contributed by atoms with Gasteiger partial charge < -0.3 is 15.8 Å². The van der Waals surface area contributed by atoms with Gasteiger partial charge in [0.25, 0.3) is 0 Å². The lowest BCUT2D eigenvalue weighted by molar-refractivity contribution is -0.131. The summed E-state index contributed by atoms with van der Waals surface area (Å²) >= 11 is 1.58. The number of nitrogens with one attached hydrogen (secondary N) is 1. The van der Waals surface area contributed by atoms with Crippen molar-refractivity contribution in [3.8, 4) is 11.4 Å². The Kier molecular flexibility index (Phi) is 9.31. The van der Waals surface area contributed by atoms with E-state index >= 15 is 0 Å². The number of hydrogen-bond donors (Lipinski definition) is 2. The predicted octanol–water partition coefficient (Wildman–Crippen LogP) is 2.21. The molecule has 0 radical (unpaired) electrons. The lowest BCUT2D eigenvalue weighted by atomic mass is 10.2. The van der Waals surface area contributed by atoms with Gasteiger partial charge in [-0.2, -0.15) is 0 Å². The maximum atomic E-state index is 12.0. The highest BCUT2D eigenvalue weighted by Crippen LogP contribution is 2.20. The Morgan fingerprint density at radius 1 is 1.32 bits per heavy atom. The molecule has 0 saturated carbocycles. The van der Waals surface area contributed by atoms with Crippen molar-refractivity contribution < 1.29 is 9.53 Å². The number of carbonyl (C=O) groups excluding carboxylic acids is 1. The van der Waals surface area contributed by atoms with Crippen LogP contribution in [0.1, 0.15) is 17.8 Å². The van der Waals surface area contributed by atoms with Gasteiger partial charge in [-0.1, -0.05) is 6.07 Å². The quantitative estimate of drug-likeness (QED) is 0.769. The molecule has 0 unspecified atom stereocenters. The fourth-order valence-corrected chi connectivity index (χ4v) is 3.33. The number of aromatic nitrogens is 2. The minimum absolute atomic E-state index is 0. The first-order valence-corrected chi connectivity index (χ1v) is 8.63. The summed E-state index contributed by atoms with van der Waals surface area (Å²) in [5.74, 6) is -0.0533. The molecule has 3 N–H and O–H groups in total. The Bertz CT molecular complexity index is 657. The molecule has 0 aromatic carbocycles. The number of rotatable bonds is 6. The number of hydrogen-bond acceptors (Lipinski definition) is 6. The van der Waals surface area contributed by atoms with E-state index in [2.05, 4.69) is 15.3 Å². The lowest BCUT2D eigenvalue weighted by Crippen LogP contribution is -2.36. The van der Waals surface area contributed by atoms with E-state index in [0.717, 1.165) is 29.2 Å². The number of ether oxygens (including phenoxy) is 1. The highest BCUT2D eigenvalue weighted by Gasteiger charge is 2.29. The van der Waals surface area contributed by atoms with Gasteiger partial charge in [0.05, 0.1) is 22.5 Å². The number of pyridine rings is 1. The maximum absolute atomic E-state index is 12.0. The van der Waals surface area contributed by atoms with Gasteiger partial charge >= 0.3 is 0 Å². The van der Waals surface area contributed by atoms with Gasteiger partial charge in [0.1, 0.15) is 6.10 Å². The summed E-state index contributed by atoms with van der Waals surface area (Å²) in [6.45, 7) is 1.03. The van der Waals surface area contributed by atoms with E-state index in [1.54, 1.807) is 17.5 Å². The van der Waals surface area contributed by atoms with Gasteiger partial charge in [0, 0.05) is 31.1 Å². The van der Waals surface area contributed by atoms with Crippen molar-refractivity contribution in [3.63, 3.8) is 0 Å². The Hall–Kier alpha value is -1.25. The van der Waals surface area contributed by atoms with Crippen LogP contribution >= 0.6 is 36.2 Å². The summed E-state index contributed by atoms with van der Waals surface area (Å²) in [4.78, 5) is 20.9. The van der Waals surface area contributed by atoms with Crippen LogP contribution in [0.4, 0.5) is 0 Å². The van der Waals surface area contributed by atoms with E-state index in [4.69, 9.17) is 10.5 Å². The monoisotopic (exact) mass is 404 g/mol. The molecule has 1 saturated heterocycles. The number of nitrogens with zero attached hydrogens (tertiary/aromatic N) is 2. The predicted molar refractivity (Wildman–Crippen MR) is 104 cm³/mol. The van der Waals surface area contributed by atoms with Gasteiger partial charge in [-0.05, 0) is 25.0 Å². The fraction of sp³-hybridized carbons (Fsp3) is 0.438. The molecule has 138 valence electrons. The molecule has 0 aliphatic carbocycles. The van der Waals surface area contributed by atoms with E-state index in [-0.39, 0.29) is 42.9 Å². The minimum Gasteiger partial charge on any atom is -0.364 e. The molecule has 9 heteroatoms. The van der Waals surface area contributed by atoms with Crippen molar-refractivity contribution in [3.05, 3.63) is 34.8 Å². The van der Waals surface area contributed by atoms with Gasteiger partial charge in [-0.15, -0.1) is 36.2 Å². The minimum atomic E-state index is -0.357. The van der Waals surface area contributed by atoms with Crippen LogP contribution in [-0.2, 0) is 16.0 Å². The second-order valence-corrected chi connectivity index (χ2v) is 6.38. The first-order valence-electron chi connectivity index (χ1n) is 7.75. The Balaban J connectivity index is 0.00000156. The van der Waals surface area contributed by atoms with Crippen molar-refractivity contribution >= 4 is 42.1 Å². The third-order valence-electron chi connectivity index (χ3n) is 3.78. The summed E-state index contributed by atoms with van der Waals surface area (Å²) < 4.78 is 5.58. The van der Waals surface area contributed by atoms with Gasteiger partial charge in [0.2, 0.25) is 5.91 Å². The smallest absolute Gasteiger partial charge is 0.249 e. The highest BCUT2D eigenvalue weighted by molar-refractivity contribution is 7.09. The molecule has 1 aliphatic heterocycles. The summed E-state index contributed by atoms with van der Waals surface area (Å²) in [6, 6.07) is 5.76. The third kappa shape index (κ3) is 5.90. The van der Waals surface area contributed by atoms with Crippen LogP contribution in [-0.4, -0.2) is 41.2 Å². The fourth-order valence-electron chi connectivity index (χ4n) is 2.54. The molecule has 3 heterocycles. The molecule has 0 spiro atoms. The van der Waals surface area contributed by atoms with Crippen LogP contribution < -0.4 is 11.1 Å². The number of amides is 1. The third-order valence-corrected chi connectivity index (χ3v) is 4.69. The first kappa shape index (κ1) is 21.8. The molecule has 3 rings (SSSR count). The standard InChI is InChI=1S/C16H20N4O2S.2ClH/c17-9-11-4-5-14(22-11)16(21)19-8-6-15-20-13(10-23-15)12-3-1-2-7-18-12;;/h1-3,7,10-11,14H,4-6,8-9,17H2,(H,19,21);2*1H/t11-,14+;;/m1../s1. The summed E-state index contributed by atoms with van der Waals surface area (Å²) in [5, 5.41) is 5.89. The zero-order valence-electron chi connectivity index (χ0n) is 13.6. The summed E-state index contributed by atoms with van der Waals surface area (Å²) in [7, 11) is 0. The summed E-state index contributed by atoms with van der Waals surface area (Å²) in [6.07, 6.45) is 3.72. The van der Waals surface area contributed by atoms with Crippen LogP contribution in [0.25, 0.3) is 11.4 Å². The van der Waals surface area contributed by atoms with E-state index in [9.17, 15) is 4.79 Å². The normalized spacial score (nSPS) is 18.9. The highest BCUT2D eigenvalue weighted by atomic mass is 35.5. The number of thiazole rings is 1. The second kappa shape index (κ2) is 10.7. The van der Waals surface area contributed by atoms with E-state index < -0.39 is 0 Å². The van der Waals surface area contributed by atoms with Crippen molar-refractivity contribution in [2.45, 2.75) is 31.5 Å². The zero-order chi connectivity index (χ0) is 16.1. The van der Waals surface area contributed by atoms with Crippen LogP contribution in [0.5, 0.6) is 0 Å². The van der Waals surface area contributed by atoms with Crippen molar-refractivity contribution in [2.24, 2.45) is 5.73 Å². The molecule has 2 aromatic rings. The largest absolute Gasteiger partial charge is 0.364 e. The number of halogens is 2. The first-order chi connectivity index (χ1) is 11.3. The Labute approximate surface area is 163 Å². The summed E-state index contributed by atoms with van der Waals surface area (Å²) in [5.41, 5.74) is 7.30. The van der Waals surface area contributed by atoms with Gasteiger partial charge in [0.15, 0.2) is 0 Å². The molecule has 2 atom stereocenters. The average molecular weight is 405 g/mol. The molecule has 6 nitrogen and oxygen atoms in total. The molecule has 1 aliphatic rings. The molecule has 2 aromatic heterocycles. The van der Waals surface area contributed by atoms with Gasteiger partial charge in [-0.25, -0.2) is 4.98 Å². The van der Waals surface area contributed by atoms with Crippen LogP contribution in [0, 0.1) is 0 Å². The van der Waals surface area contributed by atoms with E-state index in [1.165, 1.54) is 0 Å². The van der Waals surface area contributed by atoms with Gasteiger partial charge in [-0.3, -0.25) is 9.78 Å². The Morgan fingerprint density at radius 3 is 2.84 bits per heavy atom. The van der Waals surface area contributed by atoms with Crippen molar-refractivity contribution in [2.75, 3.05) is 13.1 Å². The SMILES string of the molecule is Cl.Cl.NC[C@H]1CC[C@@H](C(=O)NCCc2nc(-c3ccccn3)cs2)O1. The Morgan fingerprint density at radius 2 is 2.16 bits per heavy atom. The molecule has 1 fully saturated rings. The second-order valence-electron chi connectivity index (χ2n) is 5.44. The maximum Gasteiger partial charge on any atom is 0.249 e. The number of nitrogens with two attached hydrogens (primary N) is 1. The van der Waals surface area contributed by atoms with E-state index in [1.807, 2.05) is 23.6 Å². The van der Waals surface area contributed by atoms with Crippen LogP contribution in [0.15, 0.2) is 29.8 Å². The molecular weight excluding hydrogens is 383 g/mol. The topological polar surface area (TPSA) is 90.1 Å². The van der Waals surface area contributed by atoms with Crippen molar-refractivity contribution in [1.29, 1.82) is 0 Å². The zero-order valence-corrected chi connectivity index (χ0v) is 16.0. The van der Waals surface area contributed by atoms with Crippen LogP contribution in [0.2, 0.25) is 0 Å². The average Bonchev–Trinajstić information content (AvgIpc) is 3.25. The van der Waals surface area contributed by atoms with E-state index in [0.29, 0.717) is 19.5 Å². The van der Waals surface area contributed by atoms with Crippen LogP contribution in [0.3, 0.4) is 0 Å². The molecular formula is C16H22Cl2N4O2S. The van der Waals surface area contributed by atoms with Crippen molar-refractivity contribution in [1.82, 2.24) is 15.3 Å². The molecule has 25 heavy (non-hydrogen) atoms.